The molecule has 0 aliphatic carbocycles. The molecule has 2 N–H and O–H groups in total. The van der Waals surface area contributed by atoms with Crippen molar-refractivity contribution in [2.75, 3.05) is 5.73 Å². The molecule has 0 amide bonds. The van der Waals surface area contributed by atoms with Crippen molar-refractivity contribution < 1.29 is 13.6 Å². The van der Waals surface area contributed by atoms with Crippen LogP contribution in [0.15, 0.2) is 12.1 Å². The van der Waals surface area contributed by atoms with E-state index in [-0.39, 0.29) is 16.8 Å². The minimum absolute atomic E-state index is 0.0643. The molecule has 0 aromatic heterocycles. The van der Waals surface area contributed by atoms with Gasteiger partial charge < -0.3 is 5.73 Å². The van der Waals surface area contributed by atoms with Crippen LogP contribution in [0.4, 0.5) is 14.5 Å². The van der Waals surface area contributed by atoms with E-state index in [1.807, 2.05) is 0 Å². The predicted molar refractivity (Wildman–Crippen MR) is 50.6 cm³/mol. The summed E-state index contributed by atoms with van der Waals surface area (Å²) >= 11 is 0. The normalized spacial score (nSPS) is 10.6. The van der Waals surface area contributed by atoms with Crippen LogP contribution in [0.2, 0.25) is 0 Å². The summed E-state index contributed by atoms with van der Waals surface area (Å²) in [6, 6.07) is 2.81. The number of ketones is 1. The van der Waals surface area contributed by atoms with Crippen LogP contribution in [0.1, 0.15) is 34.8 Å². The molecule has 1 rings (SSSR count). The monoisotopic (exact) mass is 199 g/mol. The quantitative estimate of drug-likeness (QED) is 0.587. The first-order valence-corrected chi connectivity index (χ1v) is 4.12. The minimum Gasteiger partial charge on any atom is -0.398 e. The zero-order valence-electron chi connectivity index (χ0n) is 7.97. The topological polar surface area (TPSA) is 43.1 Å². The Labute approximate surface area is 80.7 Å². The molecule has 0 heterocycles. The predicted octanol–water partition coefficient (Wildman–Crippen LogP) is 2.72. The molecule has 0 spiro atoms. The summed E-state index contributed by atoms with van der Waals surface area (Å²) < 4.78 is 25.1. The van der Waals surface area contributed by atoms with Crippen molar-refractivity contribution in [3.05, 3.63) is 28.8 Å². The Kier molecular flexibility index (Phi) is 2.84. The molecular weight excluding hydrogens is 188 g/mol. The van der Waals surface area contributed by atoms with E-state index in [9.17, 15) is 13.6 Å². The van der Waals surface area contributed by atoms with Crippen molar-refractivity contribution in [1.29, 1.82) is 0 Å². The second-order valence-electron chi connectivity index (χ2n) is 3.18. The smallest absolute Gasteiger partial charge is 0.264 e. The van der Waals surface area contributed by atoms with Gasteiger partial charge in [0.15, 0.2) is 5.78 Å². The number of Topliss-reactive ketones (excluding diaryl/α,β-unsaturated/α-hetero) is 1. The average Bonchev–Trinajstić information content (AvgIpc) is 2.01. The molecule has 76 valence electrons. The number of benzene rings is 1. The molecule has 1 aromatic carbocycles. The number of aryl methyl sites for hydroxylation is 1. The van der Waals surface area contributed by atoms with E-state index >= 15 is 0 Å². The molecule has 0 radical (unpaired) electrons. The number of anilines is 1. The fourth-order valence-electron chi connectivity index (χ4n) is 1.42. The highest BCUT2D eigenvalue weighted by atomic mass is 19.3. The average molecular weight is 199 g/mol. The maximum Gasteiger partial charge on any atom is 0.264 e. The molecule has 2 nitrogen and oxygen atoms in total. The molecule has 0 saturated carbocycles. The van der Waals surface area contributed by atoms with Crippen LogP contribution in [-0.2, 0) is 0 Å². The van der Waals surface area contributed by atoms with Crippen molar-refractivity contribution >= 4 is 11.5 Å². The van der Waals surface area contributed by atoms with E-state index in [0.29, 0.717) is 5.56 Å². The fourth-order valence-corrected chi connectivity index (χ4v) is 1.42. The number of alkyl halides is 2. The first kappa shape index (κ1) is 10.6. The van der Waals surface area contributed by atoms with Gasteiger partial charge in [0.2, 0.25) is 0 Å². The van der Waals surface area contributed by atoms with Gasteiger partial charge in [-0.15, -0.1) is 0 Å². The Bertz CT molecular complexity index is 375. The van der Waals surface area contributed by atoms with Gasteiger partial charge in [0.25, 0.3) is 6.43 Å². The number of hydrogen-bond donors (Lipinski definition) is 1. The molecule has 0 fully saturated rings. The van der Waals surface area contributed by atoms with E-state index in [0.717, 1.165) is 0 Å². The highest BCUT2D eigenvalue weighted by Crippen LogP contribution is 2.28. The van der Waals surface area contributed by atoms with Crippen LogP contribution in [-0.4, -0.2) is 5.78 Å². The SMILES string of the molecule is CC(=O)c1c(N)cc(C)cc1C(F)F. The Hall–Kier alpha value is -1.45. The molecule has 4 heteroatoms. The fraction of sp³-hybridized carbons (Fsp3) is 0.300. The van der Waals surface area contributed by atoms with Crippen molar-refractivity contribution in [2.45, 2.75) is 20.3 Å². The summed E-state index contributed by atoms with van der Waals surface area (Å²) in [5.41, 5.74) is 5.91. The lowest BCUT2D eigenvalue weighted by Crippen LogP contribution is -2.06. The Morgan fingerprint density at radius 1 is 1.43 bits per heavy atom. The summed E-state index contributed by atoms with van der Waals surface area (Å²) in [5.74, 6) is -0.433. The van der Waals surface area contributed by atoms with Crippen LogP contribution in [0.5, 0.6) is 0 Å². The first-order valence-electron chi connectivity index (χ1n) is 4.12. The Balaban J connectivity index is 3.44. The van der Waals surface area contributed by atoms with Crippen LogP contribution in [0, 0.1) is 6.92 Å². The van der Waals surface area contributed by atoms with Gasteiger partial charge in [-0.25, -0.2) is 8.78 Å². The number of nitrogens with two attached hydrogens (primary N) is 1. The van der Waals surface area contributed by atoms with Gasteiger partial charge in [-0.1, -0.05) is 0 Å². The second-order valence-corrected chi connectivity index (χ2v) is 3.18. The van der Waals surface area contributed by atoms with Gasteiger partial charge in [0.1, 0.15) is 0 Å². The van der Waals surface area contributed by atoms with Crippen LogP contribution < -0.4 is 5.73 Å². The summed E-state index contributed by atoms with van der Waals surface area (Å²) in [6.45, 7) is 2.89. The van der Waals surface area contributed by atoms with E-state index in [4.69, 9.17) is 5.73 Å². The summed E-state index contributed by atoms with van der Waals surface area (Å²) in [5, 5.41) is 0. The molecule has 0 atom stereocenters. The Morgan fingerprint density at radius 3 is 2.43 bits per heavy atom. The van der Waals surface area contributed by atoms with Crippen molar-refractivity contribution in [1.82, 2.24) is 0 Å². The van der Waals surface area contributed by atoms with Gasteiger partial charge in [-0.3, -0.25) is 4.79 Å². The highest BCUT2D eigenvalue weighted by Gasteiger charge is 2.18. The van der Waals surface area contributed by atoms with E-state index in [1.165, 1.54) is 19.1 Å². The van der Waals surface area contributed by atoms with E-state index in [1.54, 1.807) is 6.92 Å². The molecule has 14 heavy (non-hydrogen) atoms. The maximum absolute atomic E-state index is 12.5. The largest absolute Gasteiger partial charge is 0.398 e. The molecule has 0 aliphatic heterocycles. The lowest BCUT2D eigenvalue weighted by molar-refractivity contribution is 0.1000. The third kappa shape index (κ3) is 1.89. The number of rotatable bonds is 2. The summed E-state index contributed by atoms with van der Waals surface area (Å²) in [4.78, 5) is 11.1. The number of carbonyl (C=O) groups excluding carboxylic acids is 1. The molecule has 1 aromatic rings. The molecule has 0 saturated heterocycles. The van der Waals surface area contributed by atoms with Crippen LogP contribution >= 0.6 is 0 Å². The molecule has 0 unspecified atom stereocenters. The third-order valence-corrected chi connectivity index (χ3v) is 1.93. The number of carbonyl (C=O) groups is 1. The molecular formula is C10H11F2NO. The lowest BCUT2D eigenvalue weighted by Gasteiger charge is -2.10. The van der Waals surface area contributed by atoms with Gasteiger partial charge in [-0.2, -0.15) is 0 Å². The number of nitrogen functional groups attached to an aromatic ring is 1. The van der Waals surface area contributed by atoms with Gasteiger partial charge >= 0.3 is 0 Å². The standard InChI is InChI=1S/C10H11F2NO/c1-5-3-7(10(11)12)9(6(2)14)8(13)4-5/h3-4,10H,13H2,1-2H3. The number of hydrogen-bond acceptors (Lipinski definition) is 2. The molecule has 0 bridgehead atoms. The minimum atomic E-state index is -2.67. The second kappa shape index (κ2) is 3.74. The van der Waals surface area contributed by atoms with Crippen molar-refractivity contribution in [3.63, 3.8) is 0 Å². The van der Waals surface area contributed by atoms with E-state index in [2.05, 4.69) is 0 Å². The summed E-state index contributed by atoms with van der Waals surface area (Å²) in [6.07, 6.45) is -2.67. The van der Waals surface area contributed by atoms with Crippen molar-refractivity contribution in [3.8, 4) is 0 Å². The lowest BCUT2D eigenvalue weighted by atomic mass is 10.00. The van der Waals surface area contributed by atoms with Gasteiger partial charge in [-0.05, 0) is 31.5 Å². The van der Waals surface area contributed by atoms with Gasteiger partial charge in [0, 0.05) is 16.8 Å². The maximum atomic E-state index is 12.5. The zero-order chi connectivity index (χ0) is 10.9. The Morgan fingerprint density at radius 2 is 2.00 bits per heavy atom. The van der Waals surface area contributed by atoms with Crippen LogP contribution in [0.25, 0.3) is 0 Å². The highest BCUT2D eigenvalue weighted by molar-refractivity contribution is 6.00. The molecule has 0 aliphatic rings. The van der Waals surface area contributed by atoms with Crippen molar-refractivity contribution in [2.24, 2.45) is 0 Å². The summed E-state index contributed by atoms with van der Waals surface area (Å²) in [7, 11) is 0. The third-order valence-electron chi connectivity index (χ3n) is 1.93. The van der Waals surface area contributed by atoms with Gasteiger partial charge in [0.05, 0.1) is 0 Å². The number of halogens is 2. The van der Waals surface area contributed by atoms with Crippen LogP contribution in [0.3, 0.4) is 0 Å². The first-order chi connectivity index (χ1) is 6.43. The van der Waals surface area contributed by atoms with E-state index < -0.39 is 12.2 Å². The zero-order valence-corrected chi connectivity index (χ0v) is 7.97.